The van der Waals surface area contributed by atoms with Crippen molar-refractivity contribution >= 4 is 17.2 Å². The topological polar surface area (TPSA) is 58.4 Å². The second kappa shape index (κ2) is 7.38. The Balaban J connectivity index is 2.21. The van der Waals surface area contributed by atoms with Crippen LogP contribution in [0.4, 0.5) is 0 Å². The lowest BCUT2D eigenvalue weighted by molar-refractivity contribution is -0.126. The summed E-state index contributed by atoms with van der Waals surface area (Å²) in [6, 6.07) is 2.52. The van der Waals surface area contributed by atoms with Crippen molar-refractivity contribution in [3.8, 4) is 0 Å². The van der Waals surface area contributed by atoms with E-state index in [0.717, 1.165) is 32.4 Å². The average Bonchev–Trinajstić information content (AvgIpc) is 2.93. The van der Waals surface area contributed by atoms with Gasteiger partial charge in [-0.1, -0.05) is 6.92 Å². The van der Waals surface area contributed by atoms with Crippen molar-refractivity contribution in [1.29, 1.82) is 0 Å². The van der Waals surface area contributed by atoms with Crippen molar-refractivity contribution < 1.29 is 4.79 Å². The maximum Gasteiger partial charge on any atom is 0.224 e. The minimum atomic E-state index is 0.0931. The molecule has 5 heteroatoms. The average molecular weight is 309 g/mol. The molecule has 0 bridgehead atoms. The van der Waals surface area contributed by atoms with Crippen LogP contribution >= 0.6 is 11.3 Å². The smallest absolute Gasteiger partial charge is 0.224 e. The Bertz CT molecular complexity index is 474. The van der Waals surface area contributed by atoms with Crippen LogP contribution in [0.2, 0.25) is 0 Å². The van der Waals surface area contributed by atoms with Gasteiger partial charge in [0.25, 0.3) is 0 Å². The summed E-state index contributed by atoms with van der Waals surface area (Å²) in [5, 5.41) is 4.93. The lowest BCUT2D eigenvalue weighted by Crippen LogP contribution is -2.48. The molecular formula is C16H27N3OS. The molecule has 0 spiro atoms. The first-order chi connectivity index (χ1) is 10.1. The van der Waals surface area contributed by atoms with Gasteiger partial charge in [0, 0.05) is 24.5 Å². The van der Waals surface area contributed by atoms with Gasteiger partial charge in [-0.2, -0.15) is 0 Å². The fourth-order valence-corrected chi connectivity index (χ4v) is 4.35. The molecule has 118 valence electrons. The highest BCUT2D eigenvalue weighted by Gasteiger charge is 2.33. The van der Waals surface area contributed by atoms with Gasteiger partial charge in [-0.05, 0) is 49.7 Å². The fraction of sp³-hybridized carbons (Fsp3) is 0.688. The van der Waals surface area contributed by atoms with E-state index in [2.05, 4.69) is 35.5 Å². The molecule has 1 aliphatic rings. The first kappa shape index (κ1) is 16.5. The van der Waals surface area contributed by atoms with Gasteiger partial charge in [0.2, 0.25) is 5.91 Å². The zero-order valence-corrected chi connectivity index (χ0v) is 14.1. The minimum Gasteiger partial charge on any atom is -0.359 e. The van der Waals surface area contributed by atoms with Crippen LogP contribution in [0.5, 0.6) is 0 Å². The second-order valence-electron chi connectivity index (χ2n) is 5.93. The Labute approximate surface area is 131 Å². The third-order valence-electron chi connectivity index (χ3n) is 4.51. The number of hydrogen-bond acceptors (Lipinski definition) is 4. The van der Waals surface area contributed by atoms with Crippen molar-refractivity contribution in [1.82, 2.24) is 10.2 Å². The summed E-state index contributed by atoms with van der Waals surface area (Å²) in [5.74, 6) is 0.252. The van der Waals surface area contributed by atoms with Gasteiger partial charge in [-0.3, -0.25) is 9.69 Å². The molecular weight excluding hydrogens is 282 g/mol. The highest BCUT2D eigenvalue weighted by molar-refractivity contribution is 7.10. The first-order valence-corrected chi connectivity index (χ1v) is 8.71. The Morgan fingerprint density at radius 3 is 2.95 bits per heavy atom. The standard InChI is InChI=1S/C16H27N3OS/c1-4-13(17)14(15-11(2)7-9-21-15)19-8-5-6-12(10-19)16(20)18-3/h7,9,12-14H,4-6,8,10,17H2,1-3H3,(H,18,20). The number of carbonyl (C=O) groups is 1. The molecule has 1 aliphatic heterocycles. The van der Waals surface area contributed by atoms with Crippen LogP contribution < -0.4 is 11.1 Å². The van der Waals surface area contributed by atoms with Crippen molar-refractivity contribution in [2.45, 2.75) is 45.2 Å². The van der Waals surface area contributed by atoms with E-state index in [0.29, 0.717) is 0 Å². The molecule has 1 amide bonds. The first-order valence-electron chi connectivity index (χ1n) is 7.83. The summed E-state index contributed by atoms with van der Waals surface area (Å²) < 4.78 is 0. The predicted molar refractivity (Wildman–Crippen MR) is 88.4 cm³/mol. The molecule has 21 heavy (non-hydrogen) atoms. The number of thiophene rings is 1. The number of rotatable bonds is 5. The molecule has 4 nitrogen and oxygen atoms in total. The van der Waals surface area contributed by atoms with E-state index in [4.69, 9.17) is 5.73 Å². The Hall–Kier alpha value is -0.910. The quantitative estimate of drug-likeness (QED) is 0.877. The van der Waals surface area contributed by atoms with E-state index in [9.17, 15) is 4.79 Å². The third kappa shape index (κ3) is 3.65. The molecule has 0 aliphatic carbocycles. The summed E-state index contributed by atoms with van der Waals surface area (Å²) >= 11 is 1.79. The van der Waals surface area contributed by atoms with E-state index in [1.807, 2.05) is 0 Å². The van der Waals surface area contributed by atoms with Crippen molar-refractivity contribution in [3.63, 3.8) is 0 Å². The molecule has 3 unspecified atom stereocenters. The summed E-state index contributed by atoms with van der Waals surface area (Å²) in [7, 11) is 1.72. The van der Waals surface area contributed by atoms with Gasteiger partial charge in [-0.15, -0.1) is 11.3 Å². The van der Waals surface area contributed by atoms with Crippen molar-refractivity contribution in [2.24, 2.45) is 11.7 Å². The van der Waals surface area contributed by atoms with E-state index in [1.165, 1.54) is 10.4 Å². The van der Waals surface area contributed by atoms with Gasteiger partial charge >= 0.3 is 0 Å². The number of hydrogen-bond donors (Lipinski definition) is 2. The van der Waals surface area contributed by atoms with Crippen LogP contribution in [0.15, 0.2) is 11.4 Å². The highest BCUT2D eigenvalue weighted by Crippen LogP contribution is 2.34. The summed E-state index contributed by atoms with van der Waals surface area (Å²) in [6.45, 7) is 6.14. The molecule has 1 saturated heterocycles. The molecule has 1 aromatic rings. The Morgan fingerprint density at radius 1 is 1.62 bits per heavy atom. The molecule has 0 saturated carbocycles. The third-order valence-corrected chi connectivity index (χ3v) is 5.60. The van der Waals surface area contributed by atoms with Gasteiger partial charge in [0.15, 0.2) is 0 Å². The molecule has 3 atom stereocenters. The van der Waals surface area contributed by atoms with Crippen LogP contribution in [0.1, 0.15) is 42.7 Å². The Kier molecular flexibility index (Phi) is 5.79. The van der Waals surface area contributed by atoms with Crippen LogP contribution in [0.25, 0.3) is 0 Å². The van der Waals surface area contributed by atoms with Gasteiger partial charge in [0.1, 0.15) is 0 Å². The van der Waals surface area contributed by atoms with Crippen LogP contribution in [-0.2, 0) is 4.79 Å². The maximum absolute atomic E-state index is 12.0. The van der Waals surface area contributed by atoms with Crippen molar-refractivity contribution in [3.05, 3.63) is 21.9 Å². The molecule has 0 radical (unpaired) electrons. The van der Waals surface area contributed by atoms with Crippen LogP contribution in [0, 0.1) is 12.8 Å². The monoisotopic (exact) mass is 309 g/mol. The SMILES string of the molecule is CCC(N)C(c1sccc1C)N1CCCC(C(=O)NC)C1. The zero-order chi connectivity index (χ0) is 15.4. The Morgan fingerprint density at radius 2 is 2.38 bits per heavy atom. The zero-order valence-electron chi connectivity index (χ0n) is 13.3. The number of nitrogens with one attached hydrogen (secondary N) is 1. The van der Waals surface area contributed by atoms with E-state index >= 15 is 0 Å². The molecule has 0 aromatic carbocycles. The minimum absolute atomic E-state index is 0.0931. The number of nitrogens with zero attached hydrogens (tertiary/aromatic N) is 1. The van der Waals surface area contributed by atoms with Gasteiger partial charge < -0.3 is 11.1 Å². The summed E-state index contributed by atoms with van der Waals surface area (Å²) in [4.78, 5) is 15.8. The van der Waals surface area contributed by atoms with Crippen LogP contribution in [-0.4, -0.2) is 37.0 Å². The molecule has 2 heterocycles. The fourth-order valence-electron chi connectivity index (χ4n) is 3.22. The summed E-state index contributed by atoms with van der Waals surface area (Å²) in [6.07, 6.45) is 2.99. The largest absolute Gasteiger partial charge is 0.359 e. The van der Waals surface area contributed by atoms with Gasteiger partial charge in [-0.25, -0.2) is 0 Å². The van der Waals surface area contributed by atoms with E-state index in [1.54, 1.807) is 18.4 Å². The van der Waals surface area contributed by atoms with Crippen molar-refractivity contribution in [2.75, 3.05) is 20.1 Å². The molecule has 1 fully saturated rings. The number of carbonyl (C=O) groups excluding carboxylic acids is 1. The lowest BCUT2D eigenvalue weighted by Gasteiger charge is -2.40. The van der Waals surface area contributed by atoms with E-state index in [-0.39, 0.29) is 23.9 Å². The number of aryl methyl sites for hydroxylation is 1. The number of amides is 1. The van der Waals surface area contributed by atoms with Crippen LogP contribution in [0.3, 0.4) is 0 Å². The molecule has 1 aromatic heterocycles. The predicted octanol–water partition coefficient (Wildman–Crippen LogP) is 2.29. The number of piperidine rings is 1. The maximum atomic E-state index is 12.0. The molecule has 3 N–H and O–H groups in total. The van der Waals surface area contributed by atoms with Gasteiger partial charge in [0.05, 0.1) is 12.0 Å². The normalized spacial score (nSPS) is 22.8. The lowest BCUT2D eigenvalue weighted by atomic mass is 9.92. The number of likely N-dealkylation sites (tertiary alicyclic amines) is 1. The summed E-state index contributed by atoms with van der Waals surface area (Å²) in [5.41, 5.74) is 7.74. The highest BCUT2D eigenvalue weighted by atomic mass is 32.1. The molecule has 2 rings (SSSR count). The second-order valence-corrected chi connectivity index (χ2v) is 6.88. The van der Waals surface area contributed by atoms with E-state index < -0.39 is 0 Å². The number of nitrogens with two attached hydrogens (primary N) is 1.